The van der Waals surface area contributed by atoms with Crippen molar-refractivity contribution in [1.29, 1.82) is 0 Å². The summed E-state index contributed by atoms with van der Waals surface area (Å²) in [5, 5.41) is 25.4. The first-order valence-corrected chi connectivity index (χ1v) is 11.2. The molecule has 12 heteroatoms. The highest BCUT2D eigenvalue weighted by atomic mass is 35.5. The normalized spacial score (nSPS) is 10.4. The van der Waals surface area contributed by atoms with Gasteiger partial charge in [-0.1, -0.05) is 35.3 Å². The minimum atomic E-state index is -0.452. The number of likely N-dealkylation sites (N-methyl/N-ethyl adjacent to an activating group) is 2. The molecule has 0 heterocycles. The highest BCUT2D eigenvalue weighted by Gasteiger charge is 2.18. The molecule has 0 aliphatic carbocycles. The SMILES string of the molecule is CCOC(=O)CN(C)CCc1c(Cl)cccc1[N+](=O)[O-].CNCCc1c(Cl)cccc1[N+](=O)[O-]. The lowest BCUT2D eigenvalue weighted by Crippen LogP contribution is -2.29. The molecule has 0 fully saturated rings. The summed E-state index contributed by atoms with van der Waals surface area (Å²) in [6.07, 6.45) is 0.957. The standard InChI is InChI=1S/C13H17ClN2O4.C9H11ClN2O2/c1-3-20-13(17)9-15(2)8-7-10-11(14)5-4-6-12(10)16(18)19;1-11-6-5-7-8(10)3-2-4-9(7)12(13)14/h4-6H,3,7-9H2,1-2H3;2-4,11H,5-6H2,1H3. The number of nitrogens with one attached hydrogen (secondary N) is 1. The van der Waals surface area contributed by atoms with E-state index >= 15 is 0 Å². The number of carbonyl (C=O) groups is 1. The summed E-state index contributed by atoms with van der Waals surface area (Å²) in [6.45, 7) is 3.37. The summed E-state index contributed by atoms with van der Waals surface area (Å²) in [5.41, 5.74) is 1.16. The van der Waals surface area contributed by atoms with E-state index in [1.54, 1.807) is 50.2 Å². The number of rotatable bonds is 11. The Morgan fingerprint density at radius 2 is 1.50 bits per heavy atom. The summed E-state index contributed by atoms with van der Waals surface area (Å²) >= 11 is 11.9. The fourth-order valence-electron chi connectivity index (χ4n) is 2.99. The number of nitro groups is 2. The van der Waals surface area contributed by atoms with E-state index in [1.165, 1.54) is 12.1 Å². The number of halogens is 2. The predicted octanol–water partition coefficient (Wildman–Crippen LogP) is 4.30. The molecule has 10 nitrogen and oxygen atoms in total. The van der Waals surface area contributed by atoms with Crippen LogP contribution in [-0.4, -0.2) is 61.1 Å². The van der Waals surface area contributed by atoms with E-state index in [1.807, 2.05) is 0 Å². The second-order valence-electron chi connectivity index (χ2n) is 7.14. The molecule has 0 amide bonds. The first-order valence-electron chi connectivity index (χ1n) is 10.4. The Balaban J connectivity index is 0.000000362. The van der Waals surface area contributed by atoms with Crippen molar-refractivity contribution in [3.63, 3.8) is 0 Å². The van der Waals surface area contributed by atoms with Gasteiger partial charge in [-0.15, -0.1) is 0 Å². The lowest BCUT2D eigenvalue weighted by Gasteiger charge is -2.15. The van der Waals surface area contributed by atoms with Gasteiger partial charge in [-0.3, -0.25) is 29.9 Å². The van der Waals surface area contributed by atoms with Crippen molar-refractivity contribution in [2.75, 3.05) is 40.3 Å². The van der Waals surface area contributed by atoms with Gasteiger partial charge in [-0.2, -0.15) is 0 Å². The van der Waals surface area contributed by atoms with Crippen molar-refractivity contribution in [2.45, 2.75) is 19.8 Å². The van der Waals surface area contributed by atoms with Gasteiger partial charge >= 0.3 is 5.97 Å². The zero-order valence-corrected chi connectivity index (χ0v) is 20.8. The van der Waals surface area contributed by atoms with Gasteiger partial charge in [0.2, 0.25) is 0 Å². The second kappa shape index (κ2) is 15.2. The number of hydrogen-bond donors (Lipinski definition) is 1. The van der Waals surface area contributed by atoms with Crippen LogP contribution in [0.4, 0.5) is 11.4 Å². The van der Waals surface area contributed by atoms with Gasteiger partial charge in [0.15, 0.2) is 0 Å². The maximum atomic E-state index is 11.3. The quantitative estimate of drug-likeness (QED) is 0.267. The number of ether oxygens (including phenoxy) is 1. The molecule has 0 saturated carbocycles. The first kappa shape index (κ1) is 29.2. The maximum absolute atomic E-state index is 11.3. The number of esters is 1. The number of hydrogen-bond acceptors (Lipinski definition) is 8. The monoisotopic (exact) mass is 514 g/mol. The molecule has 0 aliphatic rings. The van der Waals surface area contributed by atoms with Crippen molar-refractivity contribution >= 4 is 40.5 Å². The Hall–Kier alpha value is -2.79. The van der Waals surface area contributed by atoms with Crippen molar-refractivity contribution in [2.24, 2.45) is 0 Å². The number of carbonyl (C=O) groups excluding carboxylic acids is 1. The molecule has 2 rings (SSSR count). The van der Waals surface area contributed by atoms with Crippen LogP contribution in [0.3, 0.4) is 0 Å². The smallest absolute Gasteiger partial charge is 0.320 e. The van der Waals surface area contributed by atoms with E-state index in [2.05, 4.69) is 5.32 Å². The van der Waals surface area contributed by atoms with E-state index in [-0.39, 0.29) is 23.9 Å². The van der Waals surface area contributed by atoms with Crippen molar-refractivity contribution in [3.8, 4) is 0 Å². The zero-order chi connectivity index (χ0) is 25.7. The van der Waals surface area contributed by atoms with E-state index < -0.39 is 9.85 Å². The van der Waals surface area contributed by atoms with Crippen LogP contribution in [0.2, 0.25) is 10.0 Å². The summed E-state index contributed by atoms with van der Waals surface area (Å²) in [5.74, 6) is -0.316. The van der Waals surface area contributed by atoms with Crippen LogP contribution >= 0.6 is 23.2 Å². The van der Waals surface area contributed by atoms with Crippen LogP contribution in [0.25, 0.3) is 0 Å². The Kier molecular flexibility index (Phi) is 13.1. The average Bonchev–Trinajstić information content (AvgIpc) is 2.77. The average molecular weight is 515 g/mol. The third-order valence-electron chi connectivity index (χ3n) is 4.65. The molecule has 0 bridgehead atoms. The largest absolute Gasteiger partial charge is 0.465 e. The molecule has 186 valence electrons. The van der Waals surface area contributed by atoms with Gasteiger partial charge in [0, 0.05) is 29.8 Å². The van der Waals surface area contributed by atoms with Gasteiger partial charge in [-0.05, 0) is 52.5 Å². The third kappa shape index (κ3) is 9.60. The summed E-state index contributed by atoms with van der Waals surface area (Å²) in [7, 11) is 3.54. The fraction of sp³-hybridized carbons (Fsp3) is 0.409. The Bertz CT molecular complexity index is 990. The van der Waals surface area contributed by atoms with Crippen LogP contribution in [-0.2, 0) is 22.4 Å². The number of nitro benzene ring substituents is 2. The van der Waals surface area contributed by atoms with Crippen molar-refractivity contribution in [1.82, 2.24) is 10.2 Å². The summed E-state index contributed by atoms with van der Waals surface area (Å²) in [4.78, 5) is 33.8. The lowest BCUT2D eigenvalue weighted by atomic mass is 10.1. The van der Waals surface area contributed by atoms with E-state index in [0.29, 0.717) is 53.7 Å². The van der Waals surface area contributed by atoms with Gasteiger partial charge in [0.1, 0.15) is 0 Å². The number of benzene rings is 2. The molecule has 34 heavy (non-hydrogen) atoms. The van der Waals surface area contributed by atoms with Gasteiger partial charge in [0.25, 0.3) is 11.4 Å². The summed E-state index contributed by atoms with van der Waals surface area (Å²) in [6, 6.07) is 9.31. The molecule has 0 atom stereocenters. The predicted molar refractivity (Wildman–Crippen MR) is 132 cm³/mol. The third-order valence-corrected chi connectivity index (χ3v) is 5.36. The molecular weight excluding hydrogens is 487 g/mol. The molecule has 0 spiro atoms. The number of nitrogens with zero attached hydrogens (tertiary/aromatic N) is 3. The lowest BCUT2D eigenvalue weighted by molar-refractivity contribution is -0.385. The topological polar surface area (TPSA) is 128 Å². The van der Waals surface area contributed by atoms with Crippen LogP contribution in [0.1, 0.15) is 18.1 Å². The highest BCUT2D eigenvalue weighted by Crippen LogP contribution is 2.27. The zero-order valence-electron chi connectivity index (χ0n) is 19.3. The molecule has 0 saturated heterocycles. The van der Waals surface area contributed by atoms with E-state index in [0.717, 1.165) is 0 Å². The maximum Gasteiger partial charge on any atom is 0.320 e. The van der Waals surface area contributed by atoms with Crippen molar-refractivity contribution in [3.05, 3.63) is 77.8 Å². The van der Waals surface area contributed by atoms with Gasteiger partial charge in [-0.25, -0.2) is 0 Å². The molecule has 0 radical (unpaired) electrons. The minimum absolute atomic E-state index is 0.00188. The van der Waals surface area contributed by atoms with Crippen LogP contribution in [0, 0.1) is 20.2 Å². The molecule has 2 aromatic carbocycles. The molecule has 1 N–H and O–H groups in total. The molecule has 2 aromatic rings. The van der Waals surface area contributed by atoms with Gasteiger partial charge < -0.3 is 10.1 Å². The molecular formula is C22H28Cl2N4O6. The Morgan fingerprint density at radius 1 is 1.00 bits per heavy atom. The van der Waals surface area contributed by atoms with Gasteiger partial charge in [0.05, 0.1) is 33.0 Å². The minimum Gasteiger partial charge on any atom is -0.465 e. The Morgan fingerprint density at radius 3 is 1.94 bits per heavy atom. The molecule has 0 aliphatic heterocycles. The molecule has 0 unspecified atom stereocenters. The second-order valence-corrected chi connectivity index (χ2v) is 7.95. The highest BCUT2D eigenvalue weighted by molar-refractivity contribution is 6.32. The van der Waals surface area contributed by atoms with Crippen molar-refractivity contribution < 1.29 is 19.4 Å². The first-order chi connectivity index (χ1) is 16.1. The fourth-order valence-corrected chi connectivity index (χ4v) is 3.52. The van der Waals surface area contributed by atoms with Crippen LogP contribution in [0.15, 0.2) is 36.4 Å². The Labute approximate surface area is 208 Å². The van der Waals surface area contributed by atoms with E-state index in [4.69, 9.17) is 27.9 Å². The summed E-state index contributed by atoms with van der Waals surface area (Å²) < 4.78 is 4.84. The van der Waals surface area contributed by atoms with E-state index in [9.17, 15) is 25.0 Å². The van der Waals surface area contributed by atoms with Crippen LogP contribution in [0.5, 0.6) is 0 Å². The molecule has 0 aromatic heterocycles. The van der Waals surface area contributed by atoms with Crippen LogP contribution < -0.4 is 5.32 Å².